The molecule has 0 bridgehead atoms. The van der Waals surface area contributed by atoms with Crippen molar-refractivity contribution < 1.29 is 18.3 Å². The maximum Gasteiger partial charge on any atom is 0.514 e. The van der Waals surface area contributed by atoms with Gasteiger partial charge in [0.2, 0.25) is 0 Å². The Morgan fingerprint density at radius 2 is 1.24 bits per heavy atom. The van der Waals surface area contributed by atoms with E-state index >= 15 is 0 Å². The van der Waals surface area contributed by atoms with E-state index in [0.29, 0.717) is 13.2 Å². The fourth-order valence-corrected chi connectivity index (χ4v) is 3.98. The fraction of sp³-hybridized carbons (Fsp3) is 0.400. The molecular weight excluding hydrogens is 332 g/mol. The molecule has 0 aliphatic heterocycles. The van der Waals surface area contributed by atoms with Crippen LogP contribution in [0.25, 0.3) is 0 Å². The van der Waals surface area contributed by atoms with Crippen LogP contribution in [0.3, 0.4) is 0 Å². The van der Waals surface area contributed by atoms with Crippen LogP contribution in [0.2, 0.25) is 0 Å². The van der Waals surface area contributed by atoms with Crippen molar-refractivity contribution >= 4 is 9.53 Å². The molecule has 0 spiro atoms. The molecule has 0 unspecified atom stereocenters. The predicted molar refractivity (Wildman–Crippen MR) is 98.7 cm³/mol. The molecule has 2 aromatic carbocycles. The lowest BCUT2D eigenvalue weighted by Crippen LogP contribution is -2.30. The SMILES string of the molecule is c1ccc(CO[SiH](OCc2ccccc2)OOC2CCCCC2)cc1. The van der Waals surface area contributed by atoms with Gasteiger partial charge in [-0.25, -0.2) is 9.46 Å². The van der Waals surface area contributed by atoms with Gasteiger partial charge < -0.3 is 8.85 Å². The molecule has 1 saturated carbocycles. The second-order valence-electron chi connectivity index (χ2n) is 6.33. The highest BCUT2D eigenvalue weighted by Gasteiger charge is 2.22. The van der Waals surface area contributed by atoms with Gasteiger partial charge in [0, 0.05) is 0 Å². The van der Waals surface area contributed by atoms with Gasteiger partial charge in [-0.15, -0.1) is 0 Å². The van der Waals surface area contributed by atoms with Crippen LogP contribution in [0.1, 0.15) is 43.2 Å². The molecule has 2 aromatic rings. The van der Waals surface area contributed by atoms with Crippen LogP contribution in [0.5, 0.6) is 0 Å². The number of hydrogen-bond donors (Lipinski definition) is 0. The molecule has 0 radical (unpaired) electrons. The molecule has 1 fully saturated rings. The molecular formula is C20H26O4Si. The average Bonchev–Trinajstić information content (AvgIpc) is 2.70. The Balaban J connectivity index is 1.50. The minimum atomic E-state index is -2.37. The van der Waals surface area contributed by atoms with E-state index in [2.05, 4.69) is 0 Å². The number of rotatable bonds is 9. The molecule has 5 heteroatoms. The average molecular weight is 359 g/mol. The standard InChI is InChI=1S/C20H26O4Si/c1-4-10-18(11-5-1)16-21-25(22-17-19-12-6-2-7-13-19)24-23-20-14-8-3-9-15-20/h1-2,4-7,10-13,20,25H,3,8-9,14-17H2. The van der Waals surface area contributed by atoms with Crippen molar-refractivity contribution in [3.8, 4) is 0 Å². The maximum atomic E-state index is 5.91. The Morgan fingerprint density at radius 1 is 0.720 bits per heavy atom. The highest BCUT2D eigenvalue weighted by Crippen LogP contribution is 2.21. The van der Waals surface area contributed by atoms with E-state index in [4.69, 9.17) is 18.3 Å². The van der Waals surface area contributed by atoms with Crippen molar-refractivity contribution in [1.29, 1.82) is 0 Å². The summed E-state index contributed by atoms with van der Waals surface area (Å²) in [6, 6.07) is 20.1. The first kappa shape index (κ1) is 18.3. The molecule has 0 saturated heterocycles. The zero-order chi connectivity index (χ0) is 17.2. The van der Waals surface area contributed by atoms with Crippen LogP contribution in [-0.4, -0.2) is 15.6 Å². The number of benzene rings is 2. The van der Waals surface area contributed by atoms with E-state index in [1.165, 1.54) is 19.3 Å². The lowest BCUT2D eigenvalue weighted by molar-refractivity contribution is -0.280. The molecule has 0 atom stereocenters. The monoisotopic (exact) mass is 358 g/mol. The van der Waals surface area contributed by atoms with Crippen LogP contribution in [0.4, 0.5) is 0 Å². The van der Waals surface area contributed by atoms with Crippen molar-refractivity contribution in [2.24, 2.45) is 0 Å². The van der Waals surface area contributed by atoms with Crippen LogP contribution < -0.4 is 0 Å². The highest BCUT2D eigenvalue weighted by atomic mass is 28.3. The third-order valence-electron chi connectivity index (χ3n) is 4.28. The van der Waals surface area contributed by atoms with Crippen LogP contribution >= 0.6 is 0 Å². The summed E-state index contributed by atoms with van der Waals surface area (Å²) in [6.07, 6.45) is 5.98. The van der Waals surface area contributed by atoms with E-state index < -0.39 is 9.53 Å². The molecule has 1 aliphatic carbocycles. The second-order valence-corrected chi connectivity index (χ2v) is 7.77. The van der Waals surface area contributed by atoms with E-state index in [0.717, 1.165) is 24.0 Å². The van der Waals surface area contributed by atoms with E-state index in [-0.39, 0.29) is 6.10 Å². The molecule has 134 valence electrons. The first-order valence-corrected chi connectivity index (χ1v) is 10.4. The minimum Gasteiger partial charge on any atom is -0.370 e. The summed E-state index contributed by atoms with van der Waals surface area (Å²) in [4.78, 5) is 5.63. The first-order valence-electron chi connectivity index (χ1n) is 9.03. The van der Waals surface area contributed by atoms with Crippen molar-refractivity contribution in [2.45, 2.75) is 51.4 Å². The fourth-order valence-electron chi connectivity index (χ4n) is 2.87. The summed E-state index contributed by atoms with van der Waals surface area (Å²) < 4.78 is 17.4. The Labute approximate surface area is 151 Å². The summed E-state index contributed by atoms with van der Waals surface area (Å²) in [5.74, 6) is 0. The molecule has 0 N–H and O–H groups in total. The van der Waals surface area contributed by atoms with Crippen molar-refractivity contribution in [3.63, 3.8) is 0 Å². The van der Waals surface area contributed by atoms with Gasteiger partial charge in [0.05, 0.1) is 19.3 Å². The zero-order valence-electron chi connectivity index (χ0n) is 14.5. The highest BCUT2D eigenvalue weighted by molar-refractivity contribution is 6.35. The summed E-state index contributed by atoms with van der Waals surface area (Å²) in [7, 11) is -2.37. The minimum absolute atomic E-state index is 0.171. The Morgan fingerprint density at radius 3 is 1.76 bits per heavy atom. The lowest BCUT2D eigenvalue weighted by atomic mass is 9.98. The molecule has 3 rings (SSSR count). The van der Waals surface area contributed by atoms with Gasteiger partial charge in [0.1, 0.15) is 0 Å². The smallest absolute Gasteiger partial charge is 0.370 e. The van der Waals surface area contributed by atoms with Crippen LogP contribution in [0, 0.1) is 0 Å². The molecule has 4 nitrogen and oxygen atoms in total. The van der Waals surface area contributed by atoms with Gasteiger partial charge in [0.25, 0.3) is 0 Å². The maximum absolute atomic E-state index is 5.91. The Hall–Kier alpha value is -1.50. The van der Waals surface area contributed by atoms with Gasteiger partial charge in [-0.3, -0.25) is 0 Å². The molecule has 25 heavy (non-hydrogen) atoms. The Bertz CT molecular complexity index is 544. The van der Waals surface area contributed by atoms with Gasteiger partial charge in [-0.1, -0.05) is 79.9 Å². The lowest BCUT2D eigenvalue weighted by Gasteiger charge is -2.23. The van der Waals surface area contributed by atoms with Gasteiger partial charge in [0.15, 0.2) is 0 Å². The van der Waals surface area contributed by atoms with E-state index in [9.17, 15) is 0 Å². The first-order chi connectivity index (χ1) is 12.4. The normalized spacial score (nSPS) is 15.6. The quantitative estimate of drug-likeness (QED) is 0.378. The van der Waals surface area contributed by atoms with Crippen molar-refractivity contribution in [3.05, 3.63) is 71.8 Å². The molecule has 0 amide bonds. The van der Waals surface area contributed by atoms with E-state index in [1.54, 1.807) is 0 Å². The number of hydrogen-bond acceptors (Lipinski definition) is 4. The summed E-state index contributed by atoms with van der Waals surface area (Å²) in [6.45, 7) is 0.946. The zero-order valence-corrected chi connectivity index (χ0v) is 15.7. The predicted octanol–water partition coefficient (Wildman–Crippen LogP) is 4.42. The molecule has 1 aliphatic rings. The largest absolute Gasteiger partial charge is 0.514 e. The van der Waals surface area contributed by atoms with Gasteiger partial charge in [-0.2, -0.15) is 0 Å². The third kappa shape index (κ3) is 6.72. The summed E-state index contributed by atoms with van der Waals surface area (Å²) in [5.41, 5.74) is 2.20. The molecule has 0 heterocycles. The third-order valence-corrected chi connectivity index (χ3v) is 5.43. The van der Waals surface area contributed by atoms with Crippen molar-refractivity contribution in [1.82, 2.24) is 0 Å². The van der Waals surface area contributed by atoms with Crippen molar-refractivity contribution in [2.75, 3.05) is 0 Å². The Kier molecular flexibility index (Phi) is 7.67. The summed E-state index contributed by atoms with van der Waals surface area (Å²) in [5, 5.41) is 0. The van der Waals surface area contributed by atoms with Crippen LogP contribution in [-0.2, 0) is 31.5 Å². The topological polar surface area (TPSA) is 36.9 Å². The van der Waals surface area contributed by atoms with Gasteiger partial charge >= 0.3 is 9.53 Å². The van der Waals surface area contributed by atoms with E-state index in [1.807, 2.05) is 60.7 Å². The second kappa shape index (κ2) is 10.5. The molecule has 0 aromatic heterocycles. The van der Waals surface area contributed by atoms with Crippen LogP contribution in [0.15, 0.2) is 60.7 Å². The van der Waals surface area contributed by atoms with Gasteiger partial charge in [-0.05, 0) is 24.0 Å². The summed E-state index contributed by atoms with van der Waals surface area (Å²) >= 11 is 0.